The van der Waals surface area contributed by atoms with Gasteiger partial charge >= 0.3 is 6.03 Å². The Balaban J connectivity index is 2.08. The number of aliphatic hydroxyl groups is 1. The number of hydrogen-bond donors (Lipinski definition) is 3. The van der Waals surface area contributed by atoms with Crippen LogP contribution in [0.1, 0.15) is 17.2 Å². The van der Waals surface area contributed by atoms with Gasteiger partial charge in [0, 0.05) is 0 Å². The molecule has 2 aromatic carbocycles. The molecule has 0 fully saturated rings. The van der Waals surface area contributed by atoms with Crippen LogP contribution in [-0.2, 0) is 0 Å². The Hall–Kier alpha value is -2.91. The van der Waals surface area contributed by atoms with Crippen LogP contribution in [0, 0.1) is 17.1 Å². The first-order valence-corrected chi connectivity index (χ1v) is 6.57. The van der Waals surface area contributed by atoms with Crippen molar-refractivity contribution in [3.63, 3.8) is 0 Å². The first-order valence-electron chi connectivity index (χ1n) is 6.57. The van der Waals surface area contributed by atoms with E-state index in [-0.39, 0.29) is 17.9 Å². The van der Waals surface area contributed by atoms with Gasteiger partial charge < -0.3 is 15.7 Å². The van der Waals surface area contributed by atoms with Crippen LogP contribution in [0.5, 0.6) is 0 Å². The molecule has 0 aliphatic rings. The summed E-state index contributed by atoms with van der Waals surface area (Å²) in [5, 5.41) is 23.4. The lowest BCUT2D eigenvalue weighted by molar-refractivity contribution is 0.225. The van der Waals surface area contributed by atoms with E-state index < -0.39 is 17.9 Å². The van der Waals surface area contributed by atoms with Gasteiger partial charge in [-0.25, -0.2) is 9.18 Å². The Morgan fingerprint density at radius 2 is 2.00 bits per heavy atom. The van der Waals surface area contributed by atoms with E-state index >= 15 is 0 Å². The van der Waals surface area contributed by atoms with Crippen molar-refractivity contribution in [3.05, 3.63) is 65.5 Å². The summed E-state index contributed by atoms with van der Waals surface area (Å²) < 4.78 is 13.0. The van der Waals surface area contributed by atoms with Gasteiger partial charge in [-0.1, -0.05) is 30.3 Å². The fourth-order valence-corrected chi connectivity index (χ4v) is 1.95. The second kappa shape index (κ2) is 7.20. The molecule has 0 bridgehead atoms. The third kappa shape index (κ3) is 3.81. The standard InChI is InChI=1S/C16H14FN3O2/c17-13-6-7-14(12(8-13)9-18)19-16(22)20-15(10-21)11-4-2-1-3-5-11/h1-8,15,21H,10H2,(H2,19,20,22). The topological polar surface area (TPSA) is 85.2 Å². The molecule has 0 heterocycles. The zero-order valence-electron chi connectivity index (χ0n) is 11.6. The molecular weight excluding hydrogens is 285 g/mol. The van der Waals surface area contributed by atoms with Crippen LogP contribution < -0.4 is 10.6 Å². The Morgan fingerprint density at radius 1 is 1.27 bits per heavy atom. The van der Waals surface area contributed by atoms with E-state index in [2.05, 4.69) is 10.6 Å². The van der Waals surface area contributed by atoms with E-state index in [0.29, 0.717) is 0 Å². The molecule has 112 valence electrons. The number of rotatable bonds is 4. The van der Waals surface area contributed by atoms with Crippen molar-refractivity contribution in [2.24, 2.45) is 0 Å². The lowest BCUT2D eigenvalue weighted by atomic mass is 10.1. The normalized spacial score (nSPS) is 11.3. The van der Waals surface area contributed by atoms with Crippen LogP contribution in [0.25, 0.3) is 0 Å². The highest BCUT2D eigenvalue weighted by molar-refractivity contribution is 5.91. The van der Waals surface area contributed by atoms with E-state index in [4.69, 9.17) is 5.26 Å². The molecule has 3 N–H and O–H groups in total. The Labute approximate surface area is 127 Å². The summed E-state index contributed by atoms with van der Waals surface area (Å²) in [4.78, 5) is 12.0. The van der Waals surface area contributed by atoms with Gasteiger partial charge in [0.05, 0.1) is 23.9 Å². The Morgan fingerprint density at radius 3 is 2.64 bits per heavy atom. The molecule has 0 aliphatic carbocycles. The smallest absolute Gasteiger partial charge is 0.319 e. The third-order valence-electron chi connectivity index (χ3n) is 3.04. The first kappa shape index (κ1) is 15.5. The van der Waals surface area contributed by atoms with Gasteiger partial charge in [-0.2, -0.15) is 5.26 Å². The van der Waals surface area contributed by atoms with E-state index in [1.54, 1.807) is 24.3 Å². The minimum Gasteiger partial charge on any atom is -0.394 e. The van der Waals surface area contributed by atoms with Crippen molar-refractivity contribution in [3.8, 4) is 6.07 Å². The molecule has 22 heavy (non-hydrogen) atoms. The minimum absolute atomic E-state index is 0.0235. The average molecular weight is 299 g/mol. The van der Waals surface area contributed by atoms with Gasteiger partial charge in [-0.15, -0.1) is 0 Å². The number of benzene rings is 2. The zero-order chi connectivity index (χ0) is 15.9. The molecule has 2 amide bonds. The molecule has 1 atom stereocenters. The highest BCUT2D eigenvalue weighted by Crippen LogP contribution is 2.17. The molecule has 2 rings (SSSR count). The van der Waals surface area contributed by atoms with E-state index in [0.717, 1.165) is 17.7 Å². The van der Waals surface area contributed by atoms with Crippen molar-refractivity contribution in [1.29, 1.82) is 5.26 Å². The summed E-state index contributed by atoms with van der Waals surface area (Å²) in [6.07, 6.45) is 0. The minimum atomic E-state index is -0.592. The SMILES string of the molecule is N#Cc1cc(F)ccc1NC(=O)NC(CO)c1ccccc1. The molecule has 2 aromatic rings. The van der Waals surface area contributed by atoms with Gasteiger partial charge in [0.2, 0.25) is 0 Å². The van der Waals surface area contributed by atoms with Crippen LogP contribution in [0.3, 0.4) is 0 Å². The summed E-state index contributed by atoms with van der Waals surface area (Å²) in [7, 11) is 0. The van der Waals surface area contributed by atoms with Crippen molar-refractivity contribution in [2.45, 2.75) is 6.04 Å². The summed E-state index contributed by atoms with van der Waals surface area (Å²) >= 11 is 0. The second-order valence-corrected chi connectivity index (χ2v) is 4.55. The van der Waals surface area contributed by atoms with Crippen molar-refractivity contribution < 1.29 is 14.3 Å². The van der Waals surface area contributed by atoms with Crippen LogP contribution in [0.2, 0.25) is 0 Å². The molecule has 0 saturated carbocycles. The van der Waals surface area contributed by atoms with Gasteiger partial charge in [0.15, 0.2) is 0 Å². The number of urea groups is 1. The highest BCUT2D eigenvalue weighted by Gasteiger charge is 2.14. The van der Waals surface area contributed by atoms with E-state index in [1.165, 1.54) is 6.07 Å². The molecule has 0 aliphatic heterocycles. The first-order chi connectivity index (χ1) is 10.6. The predicted octanol–water partition coefficient (Wildman–Crippen LogP) is 2.55. The molecular formula is C16H14FN3O2. The number of carbonyl (C=O) groups is 1. The average Bonchev–Trinajstić information content (AvgIpc) is 2.55. The quantitative estimate of drug-likeness (QED) is 0.811. The van der Waals surface area contributed by atoms with Gasteiger partial charge in [0.1, 0.15) is 11.9 Å². The number of hydrogen-bond acceptors (Lipinski definition) is 3. The highest BCUT2D eigenvalue weighted by atomic mass is 19.1. The number of nitriles is 1. The summed E-state index contributed by atoms with van der Waals surface area (Å²) in [6.45, 7) is -0.272. The molecule has 1 unspecified atom stereocenters. The number of halogens is 1. The molecule has 0 saturated heterocycles. The van der Waals surface area contributed by atoms with E-state index in [1.807, 2.05) is 12.1 Å². The maximum Gasteiger partial charge on any atom is 0.319 e. The molecule has 0 radical (unpaired) electrons. The van der Waals surface area contributed by atoms with Crippen LogP contribution in [0.4, 0.5) is 14.9 Å². The Bertz CT molecular complexity index is 698. The fraction of sp³-hybridized carbons (Fsp3) is 0.125. The van der Waals surface area contributed by atoms with E-state index in [9.17, 15) is 14.3 Å². The van der Waals surface area contributed by atoms with Crippen LogP contribution in [-0.4, -0.2) is 17.7 Å². The predicted molar refractivity (Wildman–Crippen MR) is 79.5 cm³/mol. The zero-order valence-corrected chi connectivity index (χ0v) is 11.6. The third-order valence-corrected chi connectivity index (χ3v) is 3.04. The van der Waals surface area contributed by atoms with Crippen molar-refractivity contribution in [2.75, 3.05) is 11.9 Å². The summed E-state index contributed by atoms with van der Waals surface area (Å²) in [5.41, 5.74) is 0.973. The van der Waals surface area contributed by atoms with Gasteiger partial charge in [0.25, 0.3) is 0 Å². The maximum absolute atomic E-state index is 13.0. The molecule has 0 spiro atoms. The number of nitrogens with one attached hydrogen (secondary N) is 2. The number of amides is 2. The van der Waals surface area contributed by atoms with Crippen LogP contribution in [0.15, 0.2) is 48.5 Å². The second-order valence-electron chi connectivity index (χ2n) is 4.55. The number of nitrogens with zero attached hydrogens (tertiary/aromatic N) is 1. The number of aliphatic hydroxyl groups excluding tert-OH is 1. The van der Waals surface area contributed by atoms with Gasteiger partial charge in [-0.3, -0.25) is 0 Å². The molecule has 6 heteroatoms. The molecule has 0 aromatic heterocycles. The number of anilines is 1. The van der Waals surface area contributed by atoms with Crippen molar-refractivity contribution >= 4 is 11.7 Å². The van der Waals surface area contributed by atoms with Gasteiger partial charge in [-0.05, 0) is 23.8 Å². The van der Waals surface area contributed by atoms with Crippen molar-refractivity contribution in [1.82, 2.24) is 5.32 Å². The number of carbonyl (C=O) groups excluding carboxylic acids is 1. The largest absolute Gasteiger partial charge is 0.394 e. The fourth-order valence-electron chi connectivity index (χ4n) is 1.95. The monoisotopic (exact) mass is 299 g/mol. The van der Waals surface area contributed by atoms with Crippen LogP contribution >= 0.6 is 0 Å². The molecule has 5 nitrogen and oxygen atoms in total. The Kier molecular flexibility index (Phi) is 5.07. The maximum atomic E-state index is 13.0. The summed E-state index contributed by atoms with van der Waals surface area (Å²) in [5.74, 6) is -0.556. The lowest BCUT2D eigenvalue weighted by Gasteiger charge is -2.17. The summed E-state index contributed by atoms with van der Waals surface area (Å²) in [6, 6.07) is 13.1. The lowest BCUT2D eigenvalue weighted by Crippen LogP contribution is -2.34.